The van der Waals surface area contributed by atoms with Crippen molar-refractivity contribution in [2.75, 3.05) is 11.9 Å². The van der Waals surface area contributed by atoms with E-state index in [9.17, 15) is 18.8 Å². The maximum Gasteiger partial charge on any atom is 0.443 e. The number of aryl methyl sites for hydroxylation is 1. The molecule has 1 aliphatic heterocycles. The Labute approximate surface area is 167 Å². The van der Waals surface area contributed by atoms with Gasteiger partial charge in [-0.05, 0) is 55.2 Å². The fourth-order valence-corrected chi connectivity index (χ4v) is 3.07. The number of hydroxylamine groups is 2. The topological polar surface area (TPSA) is 84.9 Å². The Morgan fingerprint density at radius 1 is 1.28 bits per heavy atom. The van der Waals surface area contributed by atoms with Gasteiger partial charge in [-0.15, -0.1) is 5.06 Å². The molecule has 0 radical (unpaired) electrons. The number of carbonyl (C=O) groups excluding carboxylic acids is 3. The molecule has 0 unspecified atom stereocenters. The predicted octanol–water partition coefficient (Wildman–Crippen LogP) is 3.62. The predicted molar refractivity (Wildman–Crippen MR) is 103 cm³/mol. The molecule has 152 valence electrons. The van der Waals surface area contributed by atoms with Gasteiger partial charge in [-0.1, -0.05) is 18.2 Å². The zero-order valence-electron chi connectivity index (χ0n) is 16.1. The smallest absolute Gasteiger partial charge is 0.443 e. The third-order valence-corrected chi connectivity index (χ3v) is 4.62. The van der Waals surface area contributed by atoms with E-state index in [1.54, 1.807) is 43.3 Å². The Hall–Kier alpha value is -3.42. The number of hydrogen-bond acceptors (Lipinski definition) is 5. The van der Waals surface area contributed by atoms with Crippen LogP contribution in [0.4, 0.5) is 14.9 Å². The largest absolute Gasteiger partial charge is 0.445 e. The van der Waals surface area contributed by atoms with Crippen molar-refractivity contribution >= 4 is 23.7 Å². The van der Waals surface area contributed by atoms with Crippen LogP contribution in [0.3, 0.4) is 0 Å². The SMILES string of the molecule is CC(=O)Nc1cc(F)c(C)c(CC[C@H]2COC(=O)N2OC(=O)c2ccccc2)c1. The minimum absolute atomic E-state index is 0.0633. The van der Waals surface area contributed by atoms with Crippen molar-refractivity contribution in [3.8, 4) is 0 Å². The molecule has 3 rings (SSSR count). The van der Waals surface area contributed by atoms with Gasteiger partial charge in [-0.25, -0.2) is 14.0 Å². The van der Waals surface area contributed by atoms with Crippen molar-refractivity contribution in [3.63, 3.8) is 0 Å². The maximum atomic E-state index is 14.2. The number of rotatable bonds is 6. The van der Waals surface area contributed by atoms with Crippen LogP contribution in [0.1, 0.15) is 34.8 Å². The van der Waals surface area contributed by atoms with E-state index in [4.69, 9.17) is 9.57 Å². The highest BCUT2D eigenvalue weighted by molar-refractivity contribution is 5.90. The van der Waals surface area contributed by atoms with Gasteiger partial charge in [0.2, 0.25) is 5.91 Å². The first-order valence-electron chi connectivity index (χ1n) is 9.15. The summed E-state index contributed by atoms with van der Waals surface area (Å²) in [5.41, 5.74) is 1.81. The van der Waals surface area contributed by atoms with Gasteiger partial charge in [0.25, 0.3) is 0 Å². The molecule has 1 N–H and O–H groups in total. The van der Waals surface area contributed by atoms with Crippen molar-refractivity contribution < 1.29 is 28.3 Å². The second kappa shape index (κ2) is 8.72. The summed E-state index contributed by atoms with van der Waals surface area (Å²) < 4.78 is 19.2. The molecule has 1 aliphatic rings. The van der Waals surface area contributed by atoms with Crippen molar-refractivity contribution in [1.29, 1.82) is 0 Å². The van der Waals surface area contributed by atoms with Crippen LogP contribution in [0.2, 0.25) is 0 Å². The molecular weight excluding hydrogens is 379 g/mol. The van der Waals surface area contributed by atoms with E-state index in [0.717, 1.165) is 5.06 Å². The van der Waals surface area contributed by atoms with Crippen LogP contribution in [0.15, 0.2) is 42.5 Å². The number of anilines is 1. The highest BCUT2D eigenvalue weighted by Gasteiger charge is 2.36. The van der Waals surface area contributed by atoms with Gasteiger partial charge in [0.1, 0.15) is 18.5 Å². The average Bonchev–Trinajstić information content (AvgIpc) is 3.03. The number of hydrogen-bond donors (Lipinski definition) is 1. The zero-order chi connectivity index (χ0) is 21.0. The van der Waals surface area contributed by atoms with Crippen LogP contribution in [-0.2, 0) is 20.8 Å². The Bertz CT molecular complexity index is 932. The molecule has 1 heterocycles. The van der Waals surface area contributed by atoms with Gasteiger partial charge in [-0.3, -0.25) is 4.79 Å². The van der Waals surface area contributed by atoms with E-state index in [2.05, 4.69) is 5.32 Å². The van der Waals surface area contributed by atoms with E-state index < -0.39 is 23.9 Å². The van der Waals surface area contributed by atoms with Gasteiger partial charge in [-0.2, -0.15) is 0 Å². The Kier molecular flexibility index (Phi) is 6.11. The fourth-order valence-electron chi connectivity index (χ4n) is 3.07. The standard InChI is InChI=1S/C21H21FN2O5/c1-13-16(10-17(11-19(13)22)23-14(2)25)8-9-18-12-28-21(27)24(18)29-20(26)15-6-4-3-5-7-15/h3-7,10-11,18H,8-9,12H2,1-2H3,(H,23,25)/t18-/m0/s1. The highest BCUT2D eigenvalue weighted by Crippen LogP contribution is 2.24. The first kappa shape index (κ1) is 20.3. The van der Waals surface area contributed by atoms with Crippen LogP contribution in [0, 0.1) is 12.7 Å². The minimum Gasteiger partial charge on any atom is -0.445 e. The highest BCUT2D eigenvalue weighted by atomic mass is 19.1. The molecule has 2 aromatic rings. The molecule has 8 heteroatoms. The molecule has 7 nitrogen and oxygen atoms in total. The lowest BCUT2D eigenvalue weighted by Gasteiger charge is -2.20. The third kappa shape index (κ3) is 4.90. The van der Waals surface area contributed by atoms with Gasteiger partial charge in [0.15, 0.2) is 0 Å². The van der Waals surface area contributed by atoms with E-state index in [-0.39, 0.29) is 12.5 Å². The zero-order valence-corrected chi connectivity index (χ0v) is 16.1. The summed E-state index contributed by atoms with van der Waals surface area (Å²) in [5, 5.41) is 3.49. The third-order valence-electron chi connectivity index (χ3n) is 4.62. The van der Waals surface area contributed by atoms with Gasteiger partial charge < -0.3 is 14.9 Å². The second-order valence-electron chi connectivity index (χ2n) is 6.76. The summed E-state index contributed by atoms with van der Waals surface area (Å²) in [5.74, 6) is -1.39. The number of ether oxygens (including phenoxy) is 1. The van der Waals surface area contributed by atoms with Crippen molar-refractivity contribution in [3.05, 3.63) is 65.0 Å². The Morgan fingerprint density at radius 3 is 2.69 bits per heavy atom. The van der Waals surface area contributed by atoms with E-state index in [0.29, 0.717) is 35.2 Å². The van der Waals surface area contributed by atoms with Crippen LogP contribution in [-0.4, -0.2) is 35.7 Å². The van der Waals surface area contributed by atoms with Crippen LogP contribution >= 0.6 is 0 Å². The lowest BCUT2D eigenvalue weighted by Crippen LogP contribution is -2.36. The number of halogens is 1. The number of carbonyl (C=O) groups is 3. The van der Waals surface area contributed by atoms with Gasteiger partial charge in [0.05, 0.1) is 5.56 Å². The normalized spacial score (nSPS) is 15.8. The minimum atomic E-state index is -0.741. The number of nitrogens with zero attached hydrogens (tertiary/aromatic N) is 1. The molecule has 0 saturated carbocycles. The lowest BCUT2D eigenvalue weighted by molar-refractivity contribution is -0.114. The number of benzene rings is 2. The fraction of sp³-hybridized carbons (Fsp3) is 0.286. The van der Waals surface area contributed by atoms with E-state index in [1.165, 1.54) is 13.0 Å². The summed E-state index contributed by atoms with van der Waals surface area (Å²) in [7, 11) is 0. The molecule has 1 saturated heterocycles. The molecule has 29 heavy (non-hydrogen) atoms. The maximum absolute atomic E-state index is 14.2. The monoisotopic (exact) mass is 400 g/mol. The summed E-state index contributed by atoms with van der Waals surface area (Å²) >= 11 is 0. The molecule has 0 bridgehead atoms. The molecule has 1 atom stereocenters. The number of nitrogens with one attached hydrogen (secondary N) is 1. The number of cyclic esters (lactones) is 1. The summed E-state index contributed by atoms with van der Waals surface area (Å²) in [6.07, 6.45) is 0.0447. The summed E-state index contributed by atoms with van der Waals surface area (Å²) in [4.78, 5) is 40.7. The molecule has 1 fully saturated rings. The average molecular weight is 400 g/mol. The molecule has 2 aromatic carbocycles. The van der Waals surface area contributed by atoms with Crippen LogP contribution < -0.4 is 5.32 Å². The quantitative estimate of drug-likeness (QED) is 0.801. The van der Waals surface area contributed by atoms with Gasteiger partial charge in [0, 0.05) is 12.6 Å². The number of amides is 2. The van der Waals surface area contributed by atoms with E-state index in [1.807, 2.05) is 0 Å². The molecule has 0 aliphatic carbocycles. The van der Waals surface area contributed by atoms with Gasteiger partial charge >= 0.3 is 12.1 Å². The molecule has 2 amide bonds. The molecule has 0 aromatic heterocycles. The Balaban J connectivity index is 1.69. The van der Waals surface area contributed by atoms with Crippen LogP contribution in [0.5, 0.6) is 0 Å². The van der Waals surface area contributed by atoms with Crippen LogP contribution in [0.25, 0.3) is 0 Å². The lowest BCUT2D eigenvalue weighted by atomic mass is 10.00. The van der Waals surface area contributed by atoms with E-state index >= 15 is 0 Å². The summed E-state index contributed by atoms with van der Waals surface area (Å²) in [6.45, 7) is 3.05. The van der Waals surface area contributed by atoms with Crippen molar-refractivity contribution in [2.24, 2.45) is 0 Å². The second-order valence-corrected chi connectivity index (χ2v) is 6.76. The molecular formula is C21H21FN2O5. The molecule has 0 spiro atoms. The van der Waals surface area contributed by atoms with Crippen molar-refractivity contribution in [1.82, 2.24) is 5.06 Å². The first-order chi connectivity index (χ1) is 13.8. The Morgan fingerprint density at radius 2 is 2.00 bits per heavy atom. The van der Waals surface area contributed by atoms with Crippen molar-refractivity contribution in [2.45, 2.75) is 32.7 Å². The summed E-state index contributed by atoms with van der Waals surface area (Å²) in [6, 6.07) is 10.8. The first-order valence-corrected chi connectivity index (χ1v) is 9.15.